The predicted molar refractivity (Wildman–Crippen MR) is 109 cm³/mol. The number of aromatic nitrogens is 2. The van der Waals surface area contributed by atoms with E-state index in [0.717, 1.165) is 0 Å². The van der Waals surface area contributed by atoms with Crippen LogP contribution < -0.4 is 14.2 Å². The van der Waals surface area contributed by atoms with Gasteiger partial charge in [-0.25, -0.2) is 9.48 Å². The van der Waals surface area contributed by atoms with Gasteiger partial charge in [-0.1, -0.05) is 0 Å². The van der Waals surface area contributed by atoms with Crippen molar-refractivity contribution in [2.24, 2.45) is 0 Å². The zero-order chi connectivity index (χ0) is 22.7. The number of nitro benzene ring substituents is 1. The molecule has 0 saturated carbocycles. The fourth-order valence-electron chi connectivity index (χ4n) is 2.96. The van der Waals surface area contributed by atoms with Gasteiger partial charge >= 0.3 is 5.97 Å². The number of Topliss-reactive ketones (excluding diaryl/α,β-unsaturated/α-hetero) is 1. The zero-order valence-electron chi connectivity index (χ0n) is 16.8. The maximum absolute atomic E-state index is 12.6. The molecule has 0 aliphatic carbocycles. The quantitative estimate of drug-likeness (QED) is 0.225. The average molecular weight is 439 g/mol. The van der Waals surface area contributed by atoms with Gasteiger partial charge in [-0.15, -0.1) is 0 Å². The van der Waals surface area contributed by atoms with Crippen LogP contribution in [-0.4, -0.2) is 46.5 Å². The van der Waals surface area contributed by atoms with Crippen LogP contribution in [0.25, 0.3) is 5.69 Å². The lowest BCUT2D eigenvalue weighted by Gasteiger charge is -2.06. The van der Waals surface area contributed by atoms with E-state index in [9.17, 15) is 19.7 Å². The number of benzene rings is 2. The number of non-ortho nitro benzene ring substituents is 1. The molecule has 0 spiro atoms. The van der Waals surface area contributed by atoms with E-state index < -0.39 is 10.9 Å². The summed E-state index contributed by atoms with van der Waals surface area (Å²) >= 11 is 0. The average Bonchev–Trinajstić information content (AvgIpc) is 3.44. The zero-order valence-corrected chi connectivity index (χ0v) is 16.8. The first-order valence-electron chi connectivity index (χ1n) is 9.53. The fraction of sp³-hybridized carbons (Fsp3) is 0.190. The first-order valence-corrected chi connectivity index (χ1v) is 9.53. The number of hydrogen-bond donors (Lipinski definition) is 0. The molecule has 11 nitrogen and oxygen atoms in total. The number of rotatable bonds is 8. The molecule has 0 N–H and O–H groups in total. The van der Waals surface area contributed by atoms with Gasteiger partial charge in [0.25, 0.3) is 5.69 Å². The lowest BCUT2D eigenvalue weighted by molar-refractivity contribution is -0.384. The molecule has 0 unspecified atom stereocenters. The molecule has 11 heteroatoms. The smallest absolute Gasteiger partial charge is 0.362 e. The molecule has 1 aliphatic heterocycles. The number of nitrogens with zero attached hydrogens (tertiary/aromatic N) is 3. The van der Waals surface area contributed by atoms with E-state index in [1.807, 2.05) is 0 Å². The Morgan fingerprint density at radius 1 is 1.16 bits per heavy atom. The Hall–Kier alpha value is -4.41. The van der Waals surface area contributed by atoms with Gasteiger partial charge in [-0.3, -0.25) is 14.9 Å². The van der Waals surface area contributed by atoms with Crippen LogP contribution >= 0.6 is 0 Å². The SMILES string of the molecule is CCOC(=O)c1nn(-c2ccc([N+](=O)[O-])cc2)cc1OCC(=O)c1ccc2c(c1)OCO2. The van der Waals surface area contributed by atoms with E-state index in [0.29, 0.717) is 22.7 Å². The van der Waals surface area contributed by atoms with Gasteiger partial charge in [0, 0.05) is 17.7 Å². The van der Waals surface area contributed by atoms with Crippen LogP contribution in [-0.2, 0) is 4.74 Å². The van der Waals surface area contributed by atoms with Crippen LogP contribution in [0.3, 0.4) is 0 Å². The Bertz CT molecular complexity index is 1190. The summed E-state index contributed by atoms with van der Waals surface area (Å²) < 4.78 is 22.4. The van der Waals surface area contributed by atoms with Crippen LogP contribution in [0.5, 0.6) is 17.2 Å². The Morgan fingerprint density at radius 2 is 1.91 bits per heavy atom. The normalized spacial score (nSPS) is 11.8. The second kappa shape index (κ2) is 8.76. The van der Waals surface area contributed by atoms with E-state index in [1.54, 1.807) is 25.1 Å². The number of ketones is 1. The van der Waals surface area contributed by atoms with Crippen LogP contribution in [0.1, 0.15) is 27.8 Å². The molecule has 0 bridgehead atoms. The van der Waals surface area contributed by atoms with Crippen LogP contribution in [0.15, 0.2) is 48.7 Å². The van der Waals surface area contributed by atoms with Gasteiger partial charge in [0.15, 0.2) is 29.6 Å². The van der Waals surface area contributed by atoms with Crippen molar-refractivity contribution in [3.05, 3.63) is 70.0 Å². The third-order valence-electron chi connectivity index (χ3n) is 4.53. The maximum atomic E-state index is 12.6. The van der Waals surface area contributed by atoms with E-state index in [2.05, 4.69) is 5.10 Å². The van der Waals surface area contributed by atoms with Crippen molar-refractivity contribution < 1.29 is 33.5 Å². The second-order valence-corrected chi connectivity index (χ2v) is 6.56. The summed E-state index contributed by atoms with van der Waals surface area (Å²) in [4.78, 5) is 35.2. The first-order chi connectivity index (χ1) is 15.5. The van der Waals surface area contributed by atoms with Crippen molar-refractivity contribution in [1.82, 2.24) is 9.78 Å². The van der Waals surface area contributed by atoms with Gasteiger partial charge in [-0.05, 0) is 37.3 Å². The maximum Gasteiger partial charge on any atom is 0.362 e. The summed E-state index contributed by atoms with van der Waals surface area (Å²) in [5.41, 5.74) is 0.605. The molecule has 2 heterocycles. The van der Waals surface area contributed by atoms with Crippen LogP contribution in [0.2, 0.25) is 0 Å². The number of carbonyl (C=O) groups excluding carboxylic acids is 2. The molecule has 4 rings (SSSR count). The summed E-state index contributed by atoms with van der Waals surface area (Å²) in [5.74, 6) is -0.0127. The van der Waals surface area contributed by atoms with Gasteiger partial charge in [-0.2, -0.15) is 5.10 Å². The molecule has 2 aromatic carbocycles. The van der Waals surface area contributed by atoms with E-state index in [4.69, 9.17) is 18.9 Å². The summed E-state index contributed by atoms with van der Waals surface area (Å²) in [5, 5.41) is 15.0. The monoisotopic (exact) mass is 439 g/mol. The highest BCUT2D eigenvalue weighted by Gasteiger charge is 2.22. The third kappa shape index (κ3) is 4.21. The molecule has 0 amide bonds. The molecule has 0 fully saturated rings. The Kier molecular flexibility index (Phi) is 5.71. The molecule has 1 aliphatic rings. The lowest BCUT2D eigenvalue weighted by atomic mass is 10.1. The number of carbonyl (C=O) groups is 2. The Labute approximate surface area is 181 Å². The van der Waals surface area contributed by atoms with E-state index in [1.165, 1.54) is 35.1 Å². The molecule has 0 radical (unpaired) electrons. The summed E-state index contributed by atoms with van der Waals surface area (Å²) in [6, 6.07) is 10.3. The molecule has 164 valence electrons. The van der Waals surface area contributed by atoms with Gasteiger partial charge in [0.2, 0.25) is 12.5 Å². The van der Waals surface area contributed by atoms with E-state index >= 15 is 0 Å². The first kappa shape index (κ1) is 20.8. The minimum Gasteiger partial charge on any atom is -0.481 e. The highest BCUT2D eigenvalue weighted by atomic mass is 16.7. The number of hydrogen-bond acceptors (Lipinski definition) is 9. The molecule has 3 aromatic rings. The summed E-state index contributed by atoms with van der Waals surface area (Å²) in [6.45, 7) is 1.50. The predicted octanol–water partition coefficient (Wildman–Crippen LogP) is 2.95. The van der Waals surface area contributed by atoms with Crippen molar-refractivity contribution in [2.75, 3.05) is 20.0 Å². The minimum atomic E-state index is -0.723. The Balaban J connectivity index is 1.55. The van der Waals surface area contributed by atoms with Crippen molar-refractivity contribution in [3.63, 3.8) is 0 Å². The number of esters is 1. The van der Waals surface area contributed by atoms with E-state index in [-0.39, 0.29) is 42.9 Å². The number of ether oxygens (including phenoxy) is 4. The summed E-state index contributed by atoms with van der Waals surface area (Å²) in [7, 11) is 0. The molecular formula is C21H17N3O8. The minimum absolute atomic E-state index is 0.0379. The van der Waals surface area contributed by atoms with Gasteiger partial charge in [0.05, 0.1) is 23.4 Å². The van der Waals surface area contributed by atoms with Crippen LogP contribution in [0, 0.1) is 10.1 Å². The fourth-order valence-corrected chi connectivity index (χ4v) is 2.96. The van der Waals surface area contributed by atoms with Crippen molar-refractivity contribution >= 4 is 17.4 Å². The number of fused-ring (bicyclic) bond motifs is 1. The molecule has 32 heavy (non-hydrogen) atoms. The third-order valence-corrected chi connectivity index (χ3v) is 4.53. The molecule has 1 aromatic heterocycles. The highest BCUT2D eigenvalue weighted by Crippen LogP contribution is 2.32. The molecule has 0 saturated heterocycles. The van der Waals surface area contributed by atoms with Gasteiger partial charge < -0.3 is 18.9 Å². The lowest BCUT2D eigenvalue weighted by Crippen LogP contribution is -2.14. The molecular weight excluding hydrogens is 422 g/mol. The highest BCUT2D eigenvalue weighted by molar-refractivity contribution is 5.98. The Morgan fingerprint density at radius 3 is 2.62 bits per heavy atom. The molecule has 0 atom stereocenters. The van der Waals surface area contributed by atoms with Crippen molar-refractivity contribution in [2.45, 2.75) is 6.92 Å². The largest absolute Gasteiger partial charge is 0.481 e. The summed E-state index contributed by atoms with van der Waals surface area (Å²) in [6.07, 6.45) is 1.40. The number of nitro groups is 1. The van der Waals surface area contributed by atoms with Crippen molar-refractivity contribution in [3.8, 4) is 22.9 Å². The van der Waals surface area contributed by atoms with Crippen LogP contribution in [0.4, 0.5) is 5.69 Å². The van der Waals surface area contributed by atoms with Gasteiger partial charge in [0.1, 0.15) is 0 Å². The van der Waals surface area contributed by atoms with Crippen molar-refractivity contribution in [1.29, 1.82) is 0 Å². The standard InChI is InChI=1S/C21H17N3O8/c1-2-29-21(26)20-19(10-23(22-20)14-4-6-15(7-5-14)24(27)28)30-11-16(25)13-3-8-17-18(9-13)32-12-31-17/h3-10H,2,11-12H2,1H3. The topological polar surface area (TPSA) is 132 Å². The second-order valence-electron chi connectivity index (χ2n) is 6.56.